The second kappa shape index (κ2) is 5.32. The molecule has 3 rings (SSSR count). The van der Waals surface area contributed by atoms with Crippen molar-refractivity contribution in [3.8, 4) is 0 Å². The van der Waals surface area contributed by atoms with E-state index < -0.39 is 0 Å². The highest BCUT2D eigenvalue weighted by atomic mass is 16.2. The predicted molar refractivity (Wildman–Crippen MR) is 74.6 cm³/mol. The van der Waals surface area contributed by atoms with E-state index in [1.807, 2.05) is 33.7 Å². The Morgan fingerprint density at radius 3 is 3.10 bits per heavy atom. The number of carbonyl (C=O) groups is 1. The highest BCUT2D eigenvalue weighted by Crippen LogP contribution is 2.13. The van der Waals surface area contributed by atoms with Gasteiger partial charge in [0.05, 0.1) is 6.54 Å². The van der Waals surface area contributed by atoms with Gasteiger partial charge in [-0.05, 0) is 24.1 Å². The van der Waals surface area contributed by atoms with Crippen molar-refractivity contribution in [2.75, 3.05) is 12.3 Å². The molecule has 0 bridgehead atoms. The van der Waals surface area contributed by atoms with Crippen molar-refractivity contribution in [1.29, 1.82) is 0 Å². The topological polar surface area (TPSA) is 77.0 Å². The Labute approximate surface area is 117 Å². The van der Waals surface area contributed by atoms with Gasteiger partial charge >= 0.3 is 0 Å². The number of benzene rings is 1. The molecule has 0 unspecified atom stereocenters. The smallest absolute Gasteiger partial charge is 0.223 e. The van der Waals surface area contributed by atoms with E-state index >= 15 is 0 Å². The first kappa shape index (κ1) is 12.7. The maximum Gasteiger partial charge on any atom is 0.223 e. The van der Waals surface area contributed by atoms with Crippen LogP contribution in [-0.2, 0) is 24.3 Å². The molecule has 6 heteroatoms. The second-order valence-corrected chi connectivity index (χ2v) is 5.00. The molecule has 1 aliphatic rings. The molecule has 0 atom stereocenters. The Balaban J connectivity index is 1.58. The van der Waals surface area contributed by atoms with Crippen molar-refractivity contribution in [3.05, 3.63) is 42.0 Å². The number of nitrogens with zero attached hydrogens (tertiary/aromatic N) is 4. The van der Waals surface area contributed by atoms with Gasteiger partial charge in [0, 0.05) is 25.2 Å². The lowest BCUT2D eigenvalue weighted by Crippen LogP contribution is -2.38. The summed E-state index contributed by atoms with van der Waals surface area (Å²) in [5, 5.41) is 7.88. The van der Waals surface area contributed by atoms with E-state index in [2.05, 4.69) is 10.2 Å². The molecule has 0 fully saturated rings. The Morgan fingerprint density at radius 1 is 1.35 bits per heavy atom. The minimum absolute atomic E-state index is 0.154. The monoisotopic (exact) mass is 271 g/mol. The van der Waals surface area contributed by atoms with E-state index in [4.69, 9.17) is 5.73 Å². The minimum Gasteiger partial charge on any atom is -0.399 e. The summed E-state index contributed by atoms with van der Waals surface area (Å²) in [4.78, 5) is 14.1. The van der Waals surface area contributed by atoms with Crippen LogP contribution in [0.2, 0.25) is 0 Å². The summed E-state index contributed by atoms with van der Waals surface area (Å²) in [6, 6.07) is 7.68. The van der Waals surface area contributed by atoms with Crippen LogP contribution >= 0.6 is 0 Å². The van der Waals surface area contributed by atoms with E-state index in [1.54, 1.807) is 6.33 Å². The summed E-state index contributed by atoms with van der Waals surface area (Å²) in [5.74, 6) is 1.01. The van der Waals surface area contributed by atoms with Crippen molar-refractivity contribution in [2.24, 2.45) is 0 Å². The number of aryl methyl sites for hydroxylation is 1. The zero-order valence-corrected chi connectivity index (χ0v) is 11.2. The van der Waals surface area contributed by atoms with Gasteiger partial charge < -0.3 is 15.2 Å². The zero-order chi connectivity index (χ0) is 13.9. The van der Waals surface area contributed by atoms with Crippen LogP contribution in [0.4, 0.5) is 5.69 Å². The summed E-state index contributed by atoms with van der Waals surface area (Å²) in [6.07, 6.45) is 2.93. The molecule has 0 aliphatic carbocycles. The van der Waals surface area contributed by atoms with Gasteiger partial charge in [-0.3, -0.25) is 4.79 Å². The molecule has 0 radical (unpaired) electrons. The van der Waals surface area contributed by atoms with Gasteiger partial charge in [-0.25, -0.2) is 0 Å². The number of rotatable bonds is 3. The second-order valence-electron chi connectivity index (χ2n) is 5.00. The van der Waals surface area contributed by atoms with Gasteiger partial charge in [-0.1, -0.05) is 12.1 Å². The highest BCUT2D eigenvalue weighted by molar-refractivity contribution is 5.76. The Bertz CT molecular complexity index is 622. The highest BCUT2D eigenvalue weighted by Gasteiger charge is 2.21. The van der Waals surface area contributed by atoms with Crippen molar-refractivity contribution >= 4 is 11.6 Å². The third-order valence-corrected chi connectivity index (χ3v) is 3.57. The summed E-state index contributed by atoms with van der Waals surface area (Å²) in [7, 11) is 0. The first-order valence-electron chi connectivity index (χ1n) is 6.71. The molecule has 1 aromatic carbocycles. The van der Waals surface area contributed by atoms with Crippen molar-refractivity contribution in [1.82, 2.24) is 19.7 Å². The fourth-order valence-electron chi connectivity index (χ4n) is 2.44. The molecule has 0 spiro atoms. The molecule has 20 heavy (non-hydrogen) atoms. The molecule has 1 amide bonds. The number of nitrogen functional groups attached to an aromatic ring is 1. The van der Waals surface area contributed by atoms with Crippen LogP contribution in [0.3, 0.4) is 0 Å². The molecule has 6 nitrogen and oxygen atoms in total. The number of amides is 1. The van der Waals surface area contributed by atoms with Gasteiger partial charge in [-0.15, -0.1) is 10.2 Å². The first-order chi connectivity index (χ1) is 9.72. The Morgan fingerprint density at radius 2 is 2.25 bits per heavy atom. The van der Waals surface area contributed by atoms with Crippen molar-refractivity contribution in [3.63, 3.8) is 0 Å². The summed E-state index contributed by atoms with van der Waals surface area (Å²) < 4.78 is 1.99. The van der Waals surface area contributed by atoms with Crippen LogP contribution in [0, 0.1) is 0 Å². The first-order valence-corrected chi connectivity index (χ1v) is 6.71. The van der Waals surface area contributed by atoms with Crippen molar-refractivity contribution in [2.45, 2.75) is 25.9 Å². The van der Waals surface area contributed by atoms with Crippen LogP contribution < -0.4 is 5.73 Å². The minimum atomic E-state index is 0.154. The third kappa shape index (κ3) is 2.64. The third-order valence-electron chi connectivity index (χ3n) is 3.57. The van der Waals surface area contributed by atoms with Gasteiger partial charge in [0.25, 0.3) is 0 Å². The number of carbonyl (C=O) groups excluding carboxylic acids is 1. The van der Waals surface area contributed by atoms with E-state index in [1.165, 1.54) is 0 Å². The number of fused-ring (bicyclic) bond motifs is 1. The van der Waals surface area contributed by atoms with E-state index in [0.717, 1.165) is 30.2 Å². The summed E-state index contributed by atoms with van der Waals surface area (Å²) in [5.41, 5.74) is 7.57. The average Bonchev–Trinajstić information content (AvgIpc) is 2.92. The number of hydrogen-bond donors (Lipinski definition) is 1. The van der Waals surface area contributed by atoms with Gasteiger partial charge in [0.15, 0.2) is 5.82 Å². The summed E-state index contributed by atoms with van der Waals surface area (Å²) in [6.45, 7) is 2.04. The lowest BCUT2D eigenvalue weighted by atomic mass is 10.1. The molecule has 104 valence electrons. The zero-order valence-electron chi connectivity index (χ0n) is 11.2. The molecule has 0 saturated carbocycles. The fourth-order valence-corrected chi connectivity index (χ4v) is 2.44. The molecule has 1 aromatic heterocycles. The number of anilines is 1. The number of aromatic nitrogens is 3. The van der Waals surface area contributed by atoms with E-state index in [-0.39, 0.29) is 5.91 Å². The maximum absolute atomic E-state index is 12.2. The normalized spacial score (nSPS) is 14.1. The van der Waals surface area contributed by atoms with Crippen LogP contribution in [-0.4, -0.2) is 32.1 Å². The summed E-state index contributed by atoms with van der Waals surface area (Å²) >= 11 is 0. The molecular formula is C14H17N5O. The van der Waals surface area contributed by atoms with Crippen LogP contribution in [0.5, 0.6) is 0 Å². The fraction of sp³-hybridized carbons (Fsp3) is 0.357. The number of hydrogen-bond acceptors (Lipinski definition) is 4. The quantitative estimate of drug-likeness (QED) is 0.839. The van der Waals surface area contributed by atoms with E-state index in [0.29, 0.717) is 19.4 Å². The standard InChI is InChI=1S/C14H17N5O/c15-12-3-1-2-11(8-12)4-5-14(20)18-6-7-19-10-16-17-13(19)9-18/h1-3,8,10H,4-7,9,15H2. The average molecular weight is 271 g/mol. The molecule has 1 aliphatic heterocycles. The maximum atomic E-state index is 12.2. The van der Waals surface area contributed by atoms with Crippen LogP contribution in [0.1, 0.15) is 17.8 Å². The Hall–Kier alpha value is -2.37. The molecule has 2 N–H and O–H groups in total. The molecule has 2 heterocycles. The SMILES string of the molecule is Nc1cccc(CCC(=O)N2CCn3cnnc3C2)c1. The largest absolute Gasteiger partial charge is 0.399 e. The van der Waals surface area contributed by atoms with E-state index in [9.17, 15) is 4.79 Å². The van der Waals surface area contributed by atoms with Gasteiger partial charge in [0.1, 0.15) is 6.33 Å². The predicted octanol–water partition coefficient (Wildman–Crippen LogP) is 0.835. The van der Waals surface area contributed by atoms with Crippen molar-refractivity contribution < 1.29 is 4.79 Å². The Kier molecular flexibility index (Phi) is 3.37. The molecule has 0 saturated heterocycles. The lowest BCUT2D eigenvalue weighted by Gasteiger charge is -2.27. The van der Waals surface area contributed by atoms with Crippen LogP contribution in [0.15, 0.2) is 30.6 Å². The van der Waals surface area contributed by atoms with Gasteiger partial charge in [-0.2, -0.15) is 0 Å². The lowest BCUT2D eigenvalue weighted by molar-refractivity contribution is -0.132. The van der Waals surface area contributed by atoms with Crippen LogP contribution in [0.25, 0.3) is 0 Å². The molecular weight excluding hydrogens is 254 g/mol. The molecule has 2 aromatic rings. The number of nitrogens with two attached hydrogens (primary N) is 1. The van der Waals surface area contributed by atoms with Gasteiger partial charge in [0.2, 0.25) is 5.91 Å².